The second-order valence-corrected chi connectivity index (χ2v) is 4.22. The van der Waals surface area contributed by atoms with Crippen molar-refractivity contribution in [2.75, 3.05) is 0 Å². The zero-order valence-corrected chi connectivity index (χ0v) is 10.7. The van der Waals surface area contributed by atoms with Gasteiger partial charge in [-0.05, 0) is 12.8 Å². The van der Waals surface area contributed by atoms with Crippen LogP contribution in [0.3, 0.4) is 0 Å². The molecule has 0 fully saturated rings. The van der Waals surface area contributed by atoms with E-state index in [4.69, 9.17) is 0 Å². The number of halogens is 6. The largest absolute Gasteiger partial charge is 0.432 e. The van der Waals surface area contributed by atoms with E-state index in [-0.39, 0.29) is 25.7 Å². The van der Waals surface area contributed by atoms with Crippen LogP contribution >= 0.6 is 0 Å². The molecule has 1 unspecified atom stereocenters. The number of unbranched alkanes of at least 4 members (excludes halogenated alkanes) is 3. The summed E-state index contributed by atoms with van der Waals surface area (Å²) in [7, 11) is 0. The second kappa shape index (κ2) is 8.16. The predicted molar refractivity (Wildman–Crippen MR) is 59.9 cm³/mol. The Balaban J connectivity index is 3.84. The number of ether oxygens (including phenoxy) is 1. The molecule has 0 radical (unpaired) electrons. The van der Waals surface area contributed by atoms with Gasteiger partial charge in [0.05, 0.1) is 0 Å². The third-order valence-electron chi connectivity index (χ3n) is 2.44. The van der Waals surface area contributed by atoms with Crippen LogP contribution in [0.15, 0.2) is 12.7 Å². The molecule has 8 heteroatoms. The standard InChI is InChI=1S/C12H16F6O2/c1-2-10(19)20-12(17,18)9(13)7-5-3-4-6-8-11(14,15)16/h2,9H,1,3-8H2. The first-order valence-corrected chi connectivity index (χ1v) is 6.02. The van der Waals surface area contributed by atoms with Crippen LogP contribution in [0.2, 0.25) is 0 Å². The lowest BCUT2D eigenvalue weighted by molar-refractivity contribution is -0.258. The molecule has 0 aliphatic heterocycles. The molecule has 0 saturated carbocycles. The lowest BCUT2D eigenvalue weighted by Crippen LogP contribution is -2.35. The molecule has 118 valence electrons. The topological polar surface area (TPSA) is 26.3 Å². The van der Waals surface area contributed by atoms with E-state index in [0.29, 0.717) is 6.08 Å². The van der Waals surface area contributed by atoms with Crippen LogP contribution in [0.4, 0.5) is 26.3 Å². The highest BCUT2D eigenvalue weighted by Crippen LogP contribution is 2.28. The second-order valence-electron chi connectivity index (χ2n) is 4.22. The Morgan fingerprint density at radius 2 is 1.65 bits per heavy atom. The summed E-state index contributed by atoms with van der Waals surface area (Å²) < 4.78 is 78.0. The van der Waals surface area contributed by atoms with Crippen molar-refractivity contribution in [2.24, 2.45) is 0 Å². The molecule has 0 saturated heterocycles. The fourth-order valence-corrected chi connectivity index (χ4v) is 1.41. The maximum Gasteiger partial charge on any atom is 0.432 e. The van der Waals surface area contributed by atoms with Gasteiger partial charge in [0, 0.05) is 12.5 Å². The number of carbonyl (C=O) groups excluding carboxylic acids is 1. The van der Waals surface area contributed by atoms with Gasteiger partial charge in [0.1, 0.15) is 0 Å². The van der Waals surface area contributed by atoms with Crippen LogP contribution in [0.5, 0.6) is 0 Å². The van der Waals surface area contributed by atoms with Crippen molar-refractivity contribution in [3.8, 4) is 0 Å². The van der Waals surface area contributed by atoms with Gasteiger partial charge >= 0.3 is 18.3 Å². The molecule has 0 aliphatic rings. The number of alkyl halides is 6. The zero-order valence-electron chi connectivity index (χ0n) is 10.7. The molecule has 0 aromatic heterocycles. The minimum absolute atomic E-state index is 0.0136. The Morgan fingerprint density at radius 3 is 2.15 bits per heavy atom. The highest BCUT2D eigenvalue weighted by atomic mass is 19.4. The van der Waals surface area contributed by atoms with Crippen LogP contribution in [0.25, 0.3) is 0 Å². The van der Waals surface area contributed by atoms with Gasteiger partial charge in [0.25, 0.3) is 0 Å². The molecule has 2 nitrogen and oxygen atoms in total. The Hall–Kier alpha value is -1.21. The molecule has 0 bridgehead atoms. The summed E-state index contributed by atoms with van der Waals surface area (Å²) in [5.74, 6) is -1.44. The quantitative estimate of drug-likeness (QED) is 0.270. The maximum absolute atomic E-state index is 13.1. The molecule has 0 aliphatic carbocycles. The van der Waals surface area contributed by atoms with Crippen molar-refractivity contribution in [3.63, 3.8) is 0 Å². The van der Waals surface area contributed by atoms with E-state index < -0.39 is 37.3 Å². The molecule has 0 N–H and O–H groups in total. The number of rotatable bonds is 9. The van der Waals surface area contributed by atoms with Gasteiger partial charge in [-0.3, -0.25) is 0 Å². The molecule has 0 spiro atoms. The average molecular weight is 306 g/mol. The Kier molecular flexibility index (Phi) is 7.67. The van der Waals surface area contributed by atoms with Crippen LogP contribution in [-0.4, -0.2) is 24.4 Å². The third kappa shape index (κ3) is 8.82. The van der Waals surface area contributed by atoms with E-state index in [9.17, 15) is 31.1 Å². The first-order valence-electron chi connectivity index (χ1n) is 6.02. The van der Waals surface area contributed by atoms with Crippen LogP contribution in [0.1, 0.15) is 38.5 Å². The first kappa shape index (κ1) is 18.8. The van der Waals surface area contributed by atoms with Crippen molar-refractivity contribution in [3.05, 3.63) is 12.7 Å². The summed E-state index contributed by atoms with van der Waals surface area (Å²) in [6.07, 6.45) is -12.0. The summed E-state index contributed by atoms with van der Waals surface area (Å²) in [6.45, 7) is 2.90. The minimum atomic E-state index is -4.25. The van der Waals surface area contributed by atoms with Crippen molar-refractivity contribution < 1.29 is 35.9 Å². The van der Waals surface area contributed by atoms with Gasteiger partial charge in [0.15, 0.2) is 0 Å². The number of hydrogen-bond acceptors (Lipinski definition) is 2. The fourth-order valence-electron chi connectivity index (χ4n) is 1.41. The monoisotopic (exact) mass is 306 g/mol. The zero-order chi connectivity index (χ0) is 15.8. The van der Waals surface area contributed by atoms with Crippen LogP contribution in [0, 0.1) is 0 Å². The van der Waals surface area contributed by atoms with Crippen molar-refractivity contribution >= 4 is 5.97 Å². The van der Waals surface area contributed by atoms with E-state index in [1.54, 1.807) is 0 Å². The number of esters is 1. The molecular formula is C12H16F6O2. The molecule has 20 heavy (non-hydrogen) atoms. The summed E-state index contributed by atoms with van der Waals surface area (Å²) in [4.78, 5) is 10.5. The summed E-state index contributed by atoms with van der Waals surface area (Å²) >= 11 is 0. The molecule has 0 aromatic carbocycles. The third-order valence-corrected chi connectivity index (χ3v) is 2.44. The highest BCUT2D eigenvalue weighted by molar-refractivity contribution is 5.81. The Morgan fingerprint density at radius 1 is 1.10 bits per heavy atom. The maximum atomic E-state index is 13.1. The van der Waals surface area contributed by atoms with Gasteiger partial charge in [-0.1, -0.05) is 25.8 Å². The Bertz CT molecular complexity index is 314. The summed E-state index contributed by atoms with van der Waals surface area (Å²) in [6, 6.07) is 0. The Labute approximate surface area is 112 Å². The van der Waals surface area contributed by atoms with E-state index >= 15 is 0 Å². The molecule has 0 rings (SSSR count). The minimum Gasteiger partial charge on any atom is -0.395 e. The lowest BCUT2D eigenvalue weighted by Gasteiger charge is -2.19. The lowest BCUT2D eigenvalue weighted by atomic mass is 10.1. The van der Waals surface area contributed by atoms with Gasteiger partial charge < -0.3 is 4.74 Å². The van der Waals surface area contributed by atoms with Crippen LogP contribution in [-0.2, 0) is 9.53 Å². The normalized spacial score (nSPS) is 13.9. The van der Waals surface area contributed by atoms with Gasteiger partial charge in [-0.2, -0.15) is 22.0 Å². The fraction of sp³-hybridized carbons (Fsp3) is 0.750. The van der Waals surface area contributed by atoms with E-state index in [2.05, 4.69) is 11.3 Å². The first-order chi connectivity index (χ1) is 9.08. The van der Waals surface area contributed by atoms with E-state index in [1.165, 1.54) is 0 Å². The average Bonchev–Trinajstić information content (AvgIpc) is 2.31. The molecule has 0 heterocycles. The summed E-state index contributed by atoms with van der Waals surface area (Å²) in [5.41, 5.74) is 0. The molecule has 0 amide bonds. The number of hydrogen-bond donors (Lipinski definition) is 0. The SMILES string of the molecule is C=CC(=O)OC(F)(F)C(F)CCCCCCC(F)(F)F. The van der Waals surface area contributed by atoms with Crippen molar-refractivity contribution in [1.29, 1.82) is 0 Å². The molecular weight excluding hydrogens is 290 g/mol. The molecule has 0 aromatic rings. The van der Waals surface area contributed by atoms with E-state index in [0.717, 1.165) is 0 Å². The van der Waals surface area contributed by atoms with E-state index in [1.807, 2.05) is 0 Å². The summed E-state index contributed by atoms with van der Waals surface area (Å²) in [5, 5.41) is 0. The van der Waals surface area contributed by atoms with Crippen molar-refractivity contribution in [1.82, 2.24) is 0 Å². The van der Waals surface area contributed by atoms with Gasteiger partial charge in [-0.15, -0.1) is 0 Å². The predicted octanol–water partition coefficient (Wildman–Crippen LogP) is 4.55. The molecule has 1 atom stereocenters. The highest BCUT2D eigenvalue weighted by Gasteiger charge is 2.43. The van der Waals surface area contributed by atoms with Crippen molar-refractivity contribution in [2.45, 2.75) is 57.0 Å². The van der Waals surface area contributed by atoms with Crippen LogP contribution < -0.4 is 0 Å². The smallest absolute Gasteiger partial charge is 0.395 e. The number of carbonyl (C=O) groups is 1. The van der Waals surface area contributed by atoms with Gasteiger partial charge in [-0.25, -0.2) is 9.18 Å². The van der Waals surface area contributed by atoms with Gasteiger partial charge in [0.2, 0.25) is 6.17 Å².